The summed E-state index contributed by atoms with van der Waals surface area (Å²) in [6.45, 7) is -1.77. The minimum Gasteiger partial charge on any atom is -0.394 e. The van der Waals surface area contributed by atoms with Crippen LogP contribution >= 0.6 is 0 Å². The summed E-state index contributed by atoms with van der Waals surface area (Å²) < 4.78 is 0. The first kappa shape index (κ1) is 15.1. The van der Waals surface area contributed by atoms with Crippen LogP contribution in [-0.4, -0.2) is 50.6 Å². The molecule has 0 aliphatic rings. The zero-order chi connectivity index (χ0) is 15.5. The molecule has 8 nitrogen and oxygen atoms in total. The van der Waals surface area contributed by atoms with E-state index in [2.05, 4.69) is 10.3 Å². The molecule has 1 aromatic carbocycles. The molecule has 4 N–H and O–H groups in total. The quantitative estimate of drug-likeness (QED) is 0.444. The number of nitro groups is 1. The van der Waals surface area contributed by atoms with Crippen molar-refractivity contribution in [3.05, 3.63) is 40.6 Å². The number of aliphatic hydroxyl groups is 3. The molecule has 1 aromatic heterocycles. The molecule has 21 heavy (non-hydrogen) atoms. The molecule has 0 atom stereocenters. The van der Waals surface area contributed by atoms with Crippen molar-refractivity contribution in [2.24, 2.45) is 0 Å². The predicted molar refractivity (Wildman–Crippen MR) is 76.0 cm³/mol. The Morgan fingerprint density at radius 3 is 2.38 bits per heavy atom. The molecule has 2 aromatic rings. The highest BCUT2D eigenvalue weighted by Gasteiger charge is 2.31. The van der Waals surface area contributed by atoms with E-state index in [1.165, 1.54) is 0 Å². The number of hydrogen-bond donors (Lipinski definition) is 4. The molecule has 0 aliphatic carbocycles. The number of benzene rings is 1. The second-order valence-electron chi connectivity index (χ2n) is 4.67. The first-order valence-electron chi connectivity index (χ1n) is 6.20. The summed E-state index contributed by atoms with van der Waals surface area (Å²) in [6.07, 6.45) is 1.10. The maximum absolute atomic E-state index is 11.2. The van der Waals surface area contributed by atoms with Crippen molar-refractivity contribution >= 4 is 22.3 Å². The van der Waals surface area contributed by atoms with Crippen LogP contribution in [0.5, 0.6) is 0 Å². The summed E-state index contributed by atoms with van der Waals surface area (Å²) >= 11 is 0. The summed E-state index contributed by atoms with van der Waals surface area (Å²) in [5, 5.41) is 42.4. The van der Waals surface area contributed by atoms with Gasteiger partial charge >= 0.3 is 5.69 Å². The van der Waals surface area contributed by atoms with Gasteiger partial charge in [0.05, 0.1) is 30.3 Å². The molecule has 1 heterocycles. The Hall–Kier alpha value is -2.29. The summed E-state index contributed by atoms with van der Waals surface area (Å²) in [4.78, 5) is 14.5. The highest BCUT2D eigenvalue weighted by molar-refractivity contribution is 5.96. The third-order valence-corrected chi connectivity index (χ3v) is 3.25. The summed E-state index contributed by atoms with van der Waals surface area (Å²) in [7, 11) is 0. The van der Waals surface area contributed by atoms with Crippen LogP contribution < -0.4 is 5.32 Å². The predicted octanol–water partition coefficient (Wildman–Crippen LogP) is 0.271. The smallest absolute Gasteiger partial charge is 0.311 e. The van der Waals surface area contributed by atoms with E-state index < -0.39 is 30.3 Å². The third-order valence-electron chi connectivity index (χ3n) is 3.25. The fraction of sp³-hybridized carbons (Fsp3) is 0.308. The lowest BCUT2D eigenvalue weighted by Gasteiger charge is -2.30. The maximum Gasteiger partial charge on any atom is 0.311 e. The fourth-order valence-electron chi connectivity index (χ4n) is 1.93. The molecule has 2 rings (SSSR count). The van der Waals surface area contributed by atoms with Gasteiger partial charge in [0.2, 0.25) is 0 Å². The lowest BCUT2D eigenvalue weighted by molar-refractivity contribution is -0.384. The Bertz CT molecular complexity index is 649. The van der Waals surface area contributed by atoms with E-state index in [4.69, 9.17) is 0 Å². The standard InChI is InChI=1S/C13H15N3O5/c17-6-13(7-18,8-19)15-12-9-3-1-2-4-10(9)14-5-11(12)16(20)21/h1-5,17-19H,6-8H2,(H,14,15). The van der Waals surface area contributed by atoms with Crippen molar-refractivity contribution in [1.29, 1.82) is 0 Å². The van der Waals surface area contributed by atoms with Gasteiger partial charge in [-0.2, -0.15) is 0 Å². The number of nitrogens with one attached hydrogen (secondary N) is 1. The SMILES string of the molecule is O=[N+]([O-])c1cnc2ccccc2c1NC(CO)(CO)CO. The number of para-hydroxylation sites is 1. The molecule has 0 amide bonds. The Labute approximate surface area is 119 Å². The van der Waals surface area contributed by atoms with Crippen LogP contribution in [0.4, 0.5) is 11.4 Å². The number of aliphatic hydroxyl groups excluding tert-OH is 3. The second kappa shape index (κ2) is 6.00. The second-order valence-corrected chi connectivity index (χ2v) is 4.67. The summed E-state index contributed by atoms with van der Waals surface area (Å²) in [5.74, 6) is 0. The Morgan fingerprint density at radius 1 is 1.19 bits per heavy atom. The van der Waals surface area contributed by atoms with Crippen molar-refractivity contribution in [2.45, 2.75) is 5.54 Å². The first-order chi connectivity index (χ1) is 10.1. The van der Waals surface area contributed by atoms with Gasteiger partial charge in [0, 0.05) is 5.39 Å². The highest BCUT2D eigenvalue weighted by atomic mass is 16.6. The van der Waals surface area contributed by atoms with Crippen LogP contribution in [0.15, 0.2) is 30.5 Å². The molecule has 0 aliphatic heterocycles. The number of rotatable bonds is 6. The fourth-order valence-corrected chi connectivity index (χ4v) is 1.93. The van der Waals surface area contributed by atoms with Gasteiger partial charge in [-0.1, -0.05) is 18.2 Å². The number of aromatic nitrogens is 1. The average molecular weight is 293 g/mol. The maximum atomic E-state index is 11.2. The molecular weight excluding hydrogens is 278 g/mol. The normalized spacial score (nSPS) is 11.6. The monoisotopic (exact) mass is 293 g/mol. The third kappa shape index (κ3) is 2.77. The molecule has 0 unspecified atom stereocenters. The first-order valence-corrected chi connectivity index (χ1v) is 6.20. The van der Waals surface area contributed by atoms with Crippen LogP contribution in [0.25, 0.3) is 10.9 Å². The zero-order valence-corrected chi connectivity index (χ0v) is 11.1. The van der Waals surface area contributed by atoms with Gasteiger partial charge < -0.3 is 20.6 Å². The van der Waals surface area contributed by atoms with Gasteiger partial charge in [0.25, 0.3) is 0 Å². The van der Waals surface area contributed by atoms with Crippen LogP contribution in [0.2, 0.25) is 0 Å². The van der Waals surface area contributed by atoms with Gasteiger partial charge in [-0.05, 0) is 6.07 Å². The van der Waals surface area contributed by atoms with Crippen molar-refractivity contribution < 1.29 is 20.2 Å². The highest BCUT2D eigenvalue weighted by Crippen LogP contribution is 2.33. The number of fused-ring (bicyclic) bond motifs is 1. The molecule has 0 radical (unpaired) electrons. The van der Waals surface area contributed by atoms with Crippen molar-refractivity contribution in [1.82, 2.24) is 4.98 Å². The molecule has 0 spiro atoms. The molecular formula is C13H15N3O5. The van der Waals surface area contributed by atoms with E-state index in [1.54, 1.807) is 24.3 Å². The van der Waals surface area contributed by atoms with Gasteiger partial charge in [-0.25, -0.2) is 4.98 Å². The van der Waals surface area contributed by atoms with E-state index >= 15 is 0 Å². The van der Waals surface area contributed by atoms with E-state index in [1.807, 2.05) is 0 Å². The van der Waals surface area contributed by atoms with Crippen LogP contribution in [0, 0.1) is 10.1 Å². The molecule has 0 fully saturated rings. The number of pyridine rings is 1. The van der Waals surface area contributed by atoms with Gasteiger partial charge in [0.1, 0.15) is 17.4 Å². The summed E-state index contributed by atoms with van der Waals surface area (Å²) in [5.41, 5.74) is -1.14. The van der Waals surface area contributed by atoms with Crippen LogP contribution in [0.1, 0.15) is 0 Å². The van der Waals surface area contributed by atoms with E-state index in [0.717, 1.165) is 6.20 Å². The lowest BCUT2D eigenvalue weighted by atomic mass is 10.0. The lowest BCUT2D eigenvalue weighted by Crippen LogP contribution is -2.49. The Morgan fingerprint density at radius 2 is 1.81 bits per heavy atom. The Kier molecular flexibility index (Phi) is 4.32. The molecule has 0 saturated carbocycles. The largest absolute Gasteiger partial charge is 0.394 e. The van der Waals surface area contributed by atoms with Crippen molar-refractivity contribution in [3.63, 3.8) is 0 Å². The molecule has 0 bridgehead atoms. The van der Waals surface area contributed by atoms with Gasteiger partial charge in [0.15, 0.2) is 0 Å². The molecule has 112 valence electrons. The van der Waals surface area contributed by atoms with Crippen LogP contribution in [-0.2, 0) is 0 Å². The number of hydrogen-bond acceptors (Lipinski definition) is 7. The zero-order valence-electron chi connectivity index (χ0n) is 11.1. The molecule has 8 heteroatoms. The van der Waals surface area contributed by atoms with Crippen LogP contribution in [0.3, 0.4) is 0 Å². The van der Waals surface area contributed by atoms with Gasteiger partial charge in [-0.15, -0.1) is 0 Å². The number of anilines is 1. The van der Waals surface area contributed by atoms with Gasteiger partial charge in [-0.3, -0.25) is 10.1 Å². The molecule has 0 saturated heterocycles. The van der Waals surface area contributed by atoms with Crippen molar-refractivity contribution in [2.75, 3.05) is 25.1 Å². The minimum absolute atomic E-state index is 0.0998. The average Bonchev–Trinajstić information content (AvgIpc) is 2.52. The van der Waals surface area contributed by atoms with E-state index in [9.17, 15) is 25.4 Å². The minimum atomic E-state index is -1.46. The summed E-state index contributed by atoms with van der Waals surface area (Å²) in [6, 6.07) is 6.75. The van der Waals surface area contributed by atoms with E-state index in [0.29, 0.717) is 10.9 Å². The number of nitrogens with zero attached hydrogens (tertiary/aromatic N) is 2. The van der Waals surface area contributed by atoms with Crippen molar-refractivity contribution in [3.8, 4) is 0 Å². The topological polar surface area (TPSA) is 129 Å². The Balaban J connectivity index is 2.64. The van der Waals surface area contributed by atoms with E-state index in [-0.39, 0.29) is 11.4 Å².